The van der Waals surface area contributed by atoms with E-state index in [9.17, 15) is 9.59 Å². The third-order valence-corrected chi connectivity index (χ3v) is 6.44. The highest BCUT2D eigenvalue weighted by Crippen LogP contribution is 2.28. The smallest absolute Gasteiger partial charge is 0.340 e. The van der Waals surface area contributed by atoms with E-state index in [1.807, 2.05) is 40.0 Å². The second-order valence-electron chi connectivity index (χ2n) is 6.94. The van der Waals surface area contributed by atoms with Crippen molar-refractivity contribution in [1.82, 2.24) is 14.8 Å². The first-order chi connectivity index (χ1) is 14.8. The van der Waals surface area contributed by atoms with Gasteiger partial charge in [-0.2, -0.15) is 0 Å². The summed E-state index contributed by atoms with van der Waals surface area (Å²) in [6.45, 7) is 6.18. The Kier molecular flexibility index (Phi) is 7.34. The summed E-state index contributed by atoms with van der Waals surface area (Å²) in [4.78, 5) is 25.2. The third-order valence-electron chi connectivity index (χ3n) is 4.46. The summed E-state index contributed by atoms with van der Waals surface area (Å²) >= 11 is 2.59. The molecule has 10 heteroatoms. The topological polar surface area (TPSA) is 95.3 Å². The molecular formula is C21H24N4O4S2. The van der Waals surface area contributed by atoms with Gasteiger partial charge < -0.3 is 19.4 Å². The highest BCUT2D eigenvalue weighted by Gasteiger charge is 2.18. The van der Waals surface area contributed by atoms with E-state index >= 15 is 0 Å². The van der Waals surface area contributed by atoms with Crippen molar-refractivity contribution in [2.45, 2.75) is 32.5 Å². The molecule has 31 heavy (non-hydrogen) atoms. The quantitative estimate of drug-likeness (QED) is 0.402. The van der Waals surface area contributed by atoms with Crippen LogP contribution in [0.2, 0.25) is 0 Å². The van der Waals surface area contributed by atoms with Crippen LogP contribution < -0.4 is 10.1 Å². The van der Waals surface area contributed by atoms with Gasteiger partial charge in [0, 0.05) is 11.9 Å². The van der Waals surface area contributed by atoms with Crippen molar-refractivity contribution in [2.75, 3.05) is 18.2 Å². The summed E-state index contributed by atoms with van der Waals surface area (Å²) in [6, 6.07) is 7.70. The molecule has 0 radical (unpaired) electrons. The van der Waals surface area contributed by atoms with Crippen LogP contribution in [0.1, 0.15) is 32.2 Å². The van der Waals surface area contributed by atoms with E-state index in [2.05, 4.69) is 21.6 Å². The minimum absolute atomic E-state index is 0.126. The van der Waals surface area contributed by atoms with Crippen LogP contribution in [0.4, 0.5) is 5.00 Å². The molecule has 0 aliphatic carbocycles. The number of nitrogens with one attached hydrogen (secondary N) is 1. The maximum atomic E-state index is 12.4. The number of rotatable bonds is 8. The van der Waals surface area contributed by atoms with Gasteiger partial charge in [0.15, 0.2) is 11.0 Å². The van der Waals surface area contributed by atoms with E-state index in [1.165, 1.54) is 35.8 Å². The van der Waals surface area contributed by atoms with Crippen molar-refractivity contribution < 1.29 is 19.1 Å². The zero-order chi connectivity index (χ0) is 22.5. The van der Waals surface area contributed by atoms with Gasteiger partial charge in [0.1, 0.15) is 17.4 Å². The van der Waals surface area contributed by atoms with E-state index in [0.29, 0.717) is 21.5 Å². The summed E-state index contributed by atoms with van der Waals surface area (Å²) < 4.78 is 12.4. The predicted octanol–water partition coefficient (Wildman–Crippen LogP) is 3.90. The molecule has 0 aliphatic rings. The fourth-order valence-corrected chi connectivity index (χ4v) is 4.51. The van der Waals surface area contributed by atoms with Gasteiger partial charge in [-0.3, -0.25) is 4.79 Å². The molecule has 0 atom stereocenters. The zero-order valence-corrected chi connectivity index (χ0v) is 19.6. The van der Waals surface area contributed by atoms with Crippen molar-refractivity contribution in [3.05, 3.63) is 51.7 Å². The second-order valence-corrected chi connectivity index (χ2v) is 9.14. The lowest BCUT2D eigenvalue weighted by atomic mass is 10.1. The predicted molar refractivity (Wildman–Crippen MR) is 121 cm³/mol. The van der Waals surface area contributed by atoms with Gasteiger partial charge in [0.05, 0.1) is 18.4 Å². The Balaban J connectivity index is 1.57. The molecule has 0 saturated carbocycles. The molecule has 1 N–H and O–H groups in total. The van der Waals surface area contributed by atoms with Crippen LogP contribution in [-0.4, -0.2) is 39.5 Å². The Morgan fingerprint density at radius 1 is 1.19 bits per heavy atom. The van der Waals surface area contributed by atoms with Gasteiger partial charge in [0.25, 0.3) is 0 Å². The van der Waals surface area contributed by atoms with E-state index in [1.54, 1.807) is 10.6 Å². The number of ether oxygens (including phenoxy) is 2. The average Bonchev–Trinajstić information content (AvgIpc) is 3.27. The molecule has 0 saturated heterocycles. The number of carbonyl (C=O) groups excluding carboxylic acids is 2. The number of hydrogen-bond donors (Lipinski definition) is 1. The van der Waals surface area contributed by atoms with Crippen LogP contribution in [0.25, 0.3) is 0 Å². The summed E-state index contributed by atoms with van der Waals surface area (Å²) in [5.74, 6) is 0.864. The molecule has 0 spiro atoms. The fraction of sp³-hybridized carbons (Fsp3) is 0.333. The molecule has 2 heterocycles. The minimum atomic E-state index is -0.478. The first-order valence-electron chi connectivity index (χ1n) is 9.48. The standard InChI is InChI=1S/C21H24N4O4S2/c1-12-6-7-16(13(2)8-12)29-10-17-23-24-21(25(17)4)30-11-18(26)22-19-15(20(27)28-5)9-14(3)31-19/h6-9H,10-11H2,1-5H3,(H,22,26). The highest BCUT2D eigenvalue weighted by molar-refractivity contribution is 7.99. The molecule has 2 aromatic heterocycles. The Morgan fingerprint density at radius 2 is 1.97 bits per heavy atom. The molecule has 3 rings (SSSR count). The lowest BCUT2D eigenvalue weighted by Crippen LogP contribution is -2.16. The van der Waals surface area contributed by atoms with Gasteiger partial charge in [-0.25, -0.2) is 4.79 Å². The number of hydrogen-bond acceptors (Lipinski definition) is 8. The monoisotopic (exact) mass is 460 g/mol. The van der Waals surface area contributed by atoms with Crippen LogP contribution in [0.3, 0.4) is 0 Å². The van der Waals surface area contributed by atoms with E-state index in [4.69, 9.17) is 9.47 Å². The molecule has 0 unspecified atom stereocenters. The van der Waals surface area contributed by atoms with Crippen molar-refractivity contribution in [2.24, 2.45) is 7.05 Å². The molecule has 1 aromatic carbocycles. The van der Waals surface area contributed by atoms with E-state index < -0.39 is 5.97 Å². The number of benzene rings is 1. The van der Waals surface area contributed by atoms with Crippen LogP contribution in [-0.2, 0) is 23.2 Å². The van der Waals surface area contributed by atoms with Gasteiger partial charge in [-0.15, -0.1) is 21.5 Å². The summed E-state index contributed by atoms with van der Waals surface area (Å²) in [6.07, 6.45) is 0. The number of esters is 1. The number of carbonyl (C=O) groups is 2. The number of amides is 1. The number of aromatic nitrogens is 3. The molecule has 164 valence electrons. The summed E-state index contributed by atoms with van der Waals surface area (Å²) in [5.41, 5.74) is 2.59. The Labute approximate surface area is 189 Å². The van der Waals surface area contributed by atoms with Crippen molar-refractivity contribution >= 4 is 40.0 Å². The molecule has 8 nitrogen and oxygen atoms in total. The Morgan fingerprint density at radius 3 is 2.68 bits per heavy atom. The normalized spacial score (nSPS) is 10.7. The lowest BCUT2D eigenvalue weighted by molar-refractivity contribution is -0.113. The van der Waals surface area contributed by atoms with E-state index in [0.717, 1.165) is 16.2 Å². The zero-order valence-electron chi connectivity index (χ0n) is 18.0. The molecule has 0 fully saturated rings. The summed E-state index contributed by atoms with van der Waals surface area (Å²) in [5, 5.41) is 12.2. The SMILES string of the molecule is COC(=O)c1cc(C)sc1NC(=O)CSc1nnc(COc2ccc(C)cc2C)n1C. The van der Waals surface area contributed by atoms with Crippen molar-refractivity contribution in [3.63, 3.8) is 0 Å². The third kappa shape index (κ3) is 5.65. The van der Waals surface area contributed by atoms with Crippen LogP contribution in [0.5, 0.6) is 5.75 Å². The molecule has 1 amide bonds. The minimum Gasteiger partial charge on any atom is -0.485 e. The first kappa shape index (κ1) is 22.8. The van der Waals surface area contributed by atoms with Gasteiger partial charge in [0.2, 0.25) is 5.91 Å². The highest BCUT2D eigenvalue weighted by atomic mass is 32.2. The van der Waals surface area contributed by atoms with Gasteiger partial charge in [-0.1, -0.05) is 29.5 Å². The van der Waals surface area contributed by atoms with Crippen molar-refractivity contribution in [1.29, 1.82) is 0 Å². The lowest BCUT2D eigenvalue weighted by Gasteiger charge is -2.09. The van der Waals surface area contributed by atoms with E-state index in [-0.39, 0.29) is 18.3 Å². The number of anilines is 1. The van der Waals surface area contributed by atoms with Crippen molar-refractivity contribution in [3.8, 4) is 5.75 Å². The number of methoxy groups -OCH3 is 1. The average molecular weight is 461 g/mol. The van der Waals surface area contributed by atoms with Crippen LogP contribution in [0.15, 0.2) is 29.4 Å². The molecular weight excluding hydrogens is 436 g/mol. The second kappa shape index (κ2) is 9.97. The Bertz CT molecular complexity index is 1110. The largest absolute Gasteiger partial charge is 0.485 e. The van der Waals surface area contributed by atoms with Crippen LogP contribution in [0, 0.1) is 20.8 Å². The Hall–Kier alpha value is -2.85. The molecule has 0 aliphatic heterocycles. The maximum absolute atomic E-state index is 12.4. The number of thiophene rings is 1. The van der Waals surface area contributed by atoms with Gasteiger partial charge in [-0.05, 0) is 38.5 Å². The number of aryl methyl sites for hydroxylation is 3. The first-order valence-corrected chi connectivity index (χ1v) is 11.3. The maximum Gasteiger partial charge on any atom is 0.340 e. The number of thioether (sulfide) groups is 1. The molecule has 3 aromatic rings. The summed E-state index contributed by atoms with van der Waals surface area (Å²) in [7, 11) is 3.14. The van der Waals surface area contributed by atoms with Crippen LogP contribution >= 0.6 is 23.1 Å². The van der Waals surface area contributed by atoms with Gasteiger partial charge >= 0.3 is 5.97 Å². The molecule has 0 bridgehead atoms. The fourth-order valence-electron chi connectivity index (χ4n) is 2.86. The number of nitrogens with zero attached hydrogens (tertiary/aromatic N) is 3.